The van der Waals surface area contributed by atoms with Crippen molar-refractivity contribution in [2.45, 2.75) is 63.2 Å². The zero-order chi connectivity index (χ0) is 41.1. The van der Waals surface area contributed by atoms with E-state index in [1.807, 2.05) is 11.3 Å². The van der Waals surface area contributed by atoms with Crippen LogP contribution in [0, 0.1) is 0 Å². The molecular weight excluding hydrogens is 753 g/mol. The summed E-state index contributed by atoms with van der Waals surface area (Å²) in [7, 11) is 0. The van der Waals surface area contributed by atoms with E-state index in [9.17, 15) is 0 Å². The van der Waals surface area contributed by atoms with Crippen LogP contribution in [0.25, 0.3) is 52.8 Å². The Morgan fingerprint density at radius 3 is 1.89 bits per heavy atom. The van der Waals surface area contributed by atoms with Crippen molar-refractivity contribution in [1.82, 2.24) is 0 Å². The van der Waals surface area contributed by atoms with Gasteiger partial charge in [-0.05, 0) is 120 Å². The minimum atomic E-state index is -0.138. The van der Waals surface area contributed by atoms with E-state index in [0.717, 1.165) is 19.3 Å². The molecule has 2 atom stereocenters. The molecule has 0 radical (unpaired) electrons. The van der Waals surface area contributed by atoms with E-state index in [1.54, 1.807) is 0 Å². The Bertz CT molecular complexity index is 3180. The second-order valence-corrected chi connectivity index (χ2v) is 19.1. The van der Waals surface area contributed by atoms with Gasteiger partial charge in [-0.15, -0.1) is 11.3 Å². The quantitative estimate of drug-likeness (QED) is 0.129. The fraction of sp³-hybridized carbons (Fsp3) is 0.167. The highest BCUT2D eigenvalue weighted by molar-refractivity contribution is 7.25. The second kappa shape index (κ2) is 15.3. The molecule has 0 aliphatic heterocycles. The van der Waals surface area contributed by atoms with Crippen LogP contribution < -0.4 is 0 Å². The third-order valence-electron chi connectivity index (χ3n) is 14.1. The zero-order valence-corrected chi connectivity index (χ0v) is 36.1. The van der Waals surface area contributed by atoms with E-state index in [0.29, 0.717) is 17.8 Å². The van der Waals surface area contributed by atoms with Crippen LogP contribution in [0.15, 0.2) is 194 Å². The molecule has 0 amide bonds. The largest absolute Gasteiger partial charge is 0.135 e. The summed E-state index contributed by atoms with van der Waals surface area (Å²) in [4.78, 5) is 0. The number of rotatable bonds is 10. The Morgan fingerprint density at radius 2 is 1.11 bits per heavy atom. The van der Waals surface area contributed by atoms with Crippen molar-refractivity contribution in [3.05, 3.63) is 239 Å². The lowest BCUT2D eigenvalue weighted by Crippen LogP contribution is -2.17. The third kappa shape index (κ3) is 6.68. The van der Waals surface area contributed by atoms with Gasteiger partial charge in [-0.2, -0.15) is 0 Å². The second-order valence-electron chi connectivity index (χ2n) is 18.0. The van der Waals surface area contributed by atoms with Crippen LogP contribution in [0.3, 0.4) is 0 Å². The summed E-state index contributed by atoms with van der Waals surface area (Å²) in [6, 6.07) is 73.4. The Labute approximate surface area is 364 Å². The Kier molecular flexibility index (Phi) is 9.47. The van der Waals surface area contributed by atoms with Crippen LogP contribution in [-0.4, -0.2) is 0 Å². The van der Waals surface area contributed by atoms with Crippen molar-refractivity contribution in [1.29, 1.82) is 0 Å². The molecule has 10 aromatic rings. The van der Waals surface area contributed by atoms with E-state index < -0.39 is 0 Å². The van der Waals surface area contributed by atoms with E-state index in [-0.39, 0.29) is 5.41 Å². The highest BCUT2D eigenvalue weighted by atomic mass is 32.1. The van der Waals surface area contributed by atoms with Crippen LogP contribution in [0.5, 0.6) is 0 Å². The molecule has 1 aliphatic rings. The number of hydrogen-bond donors (Lipinski definition) is 0. The monoisotopic (exact) mass is 802 g/mol. The van der Waals surface area contributed by atoms with Crippen LogP contribution in [0.4, 0.5) is 0 Å². The molecule has 0 saturated heterocycles. The van der Waals surface area contributed by atoms with E-state index in [1.165, 1.54) is 97.4 Å². The summed E-state index contributed by atoms with van der Waals surface area (Å²) in [6.07, 6.45) is 3.04. The molecule has 0 bridgehead atoms. The van der Waals surface area contributed by atoms with Gasteiger partial charge in [0.15, 0.2) is 0 Å². The van der Waals surface area contributed by atoms with Gasteiger partial charge >= 0.3 is 0 Å². The normalized spacial score (nSPS) is 14.2. The molecule has 61 heavy (non-hydrogen) atoms. The number of aryl methyl sites for hydroxylation is 1. The van der Waals surface area contributed by atoms with Crippen molar-refractivity contribution in [3.8, 4) is 11.1 Å². The number of thiophene rings is 1. The van der Waals surface area contributed by atoms with Gasteiger partial charge in [0.05, 0.1) is 0 Å². The minimum Gasteiger partial charge on any atom is -0.135 e. The molecule has 1 aromatic heterocycles. The van der Waals surface area contributed by atoms with Crippen LogP contribution in [-0.2, 0) is 18.3 Å². The molecule has 0 spiro atoms. The van der Waals surface area contributed by atoms with Gasteiger partial charge in [0, 0.05) is 31.5 Å². The van der Waals surface area contributed by atoms with Crippen molar-refractivity contribution in [2.75, 3.05) is 0 Å². The maximum Gasteiger partial charge on any atom is 0.0358 e. The van der Waals surface area contributed by atoms with Gasteiger partial charge < -0.3 is 0 Å². The Morgan fingerprint density at radius 1 is 0.475 bits per heavy atom. The molecule has 1 aliphatic carbocycles. The summed E-state index contributed by atoms with van der Waals surface area (Å²) in [5.41, 5.74) is 14.0. The van der Waals surface area contributed by atoms with E-state index in [4.69, 9.17) is 0 Å². The van der Waals surface area contributed by atoms with Crippen LogP contribution >= 0.6 is 11.3 Å². The lowest BCUT2D eigenvalue weighted by Gasteiger charge is -2.28. The van der Waals surface area contributed by atoms with E-state index >= 15 is 0 Å². The van der Waals surface area contributed by atoms with Gasteiger partial charge in [0.1, 0.15) is 0 Å². The average Bonchev–Trinajstić information content (AvgIpc) is 3.79. The molecule has 1 heterocycles. The minimum absolute atomic E-state index is 0.138. The van der Waals surface area contributed by atoms with E-state index in [2.05, 4.69) is 215 Å². The molecule has 0 nitrogen and oxygen atoms in total. The summed E-state index contributed by atoms with van der Waals surface area (Å²) in [5, 5.41) is 8.09. The van der Waals surface area contributed by atoms with Crippen molar-refractivity contribution in [2.24, 2.45) is 0 Å². The van der Waals surface area contributed by atoms with Crippen LogP contribution in [0.1, 0.15) is 89.5 Å². The first kappa shape index (κ1) is 37.7. The number of benzene rings is 9. The zero-order valence-electron chi connectivity index (χ0n) is 35.2. The molecule has 0 N–H and O–H groups in total. The van der Waals surface area contributed by atoms with Crippen molar-refractivity contribution in [3.63, 3.8) is 0 Å². The maximum atomic E-state index is 2.58. The number of fused-ring (bicyclic) bond motifs is 9. The lowest BCUT2D eigenvalue weighted by atomic mass is 9.76. The fourth-order valence-corrected chi connectivity index (χ4v) is 11.9. The molecule has 11 rings (SSSR count). The summed E-state index contributed by atoms with van der Waals surface area (Å²) < 4.78 is 2.73. The standard InChI is InChI=1S/C60H50S/c1-39(54(35-40-26-27-41-16-10-11-21-45(41)34-40)47-30-32-51-50-23-14-15-25-57(50)61-58(51)38-47)44-28-33-53-55(36-44)60(2,3)56-37-46(49-22-12-13-24-52(49)59(53)56)29-31-48(42-17-6-4-7-18-42)43-19-8-5-9-20-43/h4-28,30,32-34,36-39,48,54H,29,31,35H2,1-3H3/t39-,54?/m0/s1. The molecule has 9 aromatic carbocycles. The summed E-state index contributed by atoms with van der Waals surface area (Å²) in [6.45, 7) is 7.40. The summed E-state index contributed by atoms with van der Waals surface area (Å²) in [5.74, 6) is 0.935. The van der Waals surface area contributed by atoms with Gasteiger partial charge in [-0.3, -0.25) is 0 Å². The molecule has 1 unspecified atom stereocenters. The highest BCUT2D eigenvalue weighted by Crippen LogP contribution is 2.53. The maximum absolute atomic E-state index is 2.58. The first-order chi connectivity index (χ1) is 29.9. The first-order valence-corrected chi connectivity index (χ1v) is 22.9. The van der Waals surface area contributed by atoms with Gasteiger partial charge in [-0.25, -0.2) is 0 Å². The lowest BCUT2D eigenvalue weighted by molar-refractivity contribution is 0.570. The smallest absolute Gasteiger partial charge is 0.0358 e. The first-order valence-electron chi connectivity index (χ1n) is 22.1. The van der Waals surface area contributed by atoms with Crippen LogP contribution in [0.2, 0.25) is 0 Å². The topological polar surface area (TPSA) is 0 Å². The predicted octanol–water partition coefficient (Wildman–Crippen LogP) is 16.6. The molecule has 1 heteroatoms. The van der Waals surface area contributed by atoms with Gasteiger partial charge in [0.25, 0.3) is 0 Å². The number of hydrogen-bond acceptors (Lipinski definition) is 1. The van der Waals surface area contributed by atoms with Crippen molar-refractivity contribution < 1.29 is 0 Å². The van der Waals surface area contributed by atoms with Gasteiger partial charge in [-0.1, -0.05) is 203 Å². The average molecular weight is 803 g/mol. The predicted molar refractivity (Wildman–Crippen MR) is 263 cm³/mol. The van der Waals surface area contributed by atoms with Gasteiger partial charge in [0.2, 0.25) is 0 Å². The SMILES string of the molecule is C[C@@H](c1ccc2c(c1)C(C)(C)c1cc(CCC(c3ccccc3)c3ccccc3)c3ccccc3c1-2)C(Cc1ccc2ccccc2c1)c1ccc2c(c1)sc1ccccc12. The molecule has 0 saturated carbocycles. The van der Waals surface area contributed by atoms with Crippen molar-refractivity contribution >= 4 is 53.1 Å². The Hall–Kier alpha value is -6.28. The molecule has 296 valence electrons. The third-order valence-corrected chi connectivity index (χ3v) is 15.3. The molecule has 0 fully saturated rings. The highest BCUT2D eigenvalue weighted by Gasteiger charge is 2.38. The Balaban J connectivity index is 0.976. The summed E-state index contributed by atoms with van der Waals surface area (Å²) >= 11 is 1.92. The molecular formula is C60H50S. The fourth-order valence-electron chi connectivity index (χ4n) is 10.8.